The number of carbonyl (C=O) groups is 2. The van der Waals surface area contributed by atoms with Crippen molar-refractivity contribution in [1.29, 1.82) is 0 Å². The molecule has 0 radical (unpaired) electrons. The van der Waals surface area contributed by atoms with Gasteiger partial charge in [0.25, 0.3) is 0 Å². The summed E-state index contributed by atoms with van der Waals surface area (Å²) >= 11 is 0. The minimum Gasteiger partial charge on any atom is -0.390 e. The van der Waals surface area contributed by atoms with Crippen LogP contribution in [0.5, 0.6) is 0 Å². The van der Waals surface area contributed by atoms with E-state index >= 15 is 0 Å². The van der Waals surface area contributed by atoms with Crippen LogP contribution in [0.3, 0.4) is 0 Å². The van der Waals surface area contributed by atoms with Crippen LogP contribution in [0.2, 0.25) is 0 Å². The van der Waals surface area contributed by atoms with E-state index < -0.39 is 5.97 Å². The van der Waals surface area contributed by atoms with Gasteiger partial charge in [-0.3, -0.25) is 4.79 Å². The Morgan fingerprint density at radius 2 is 1.07 bits per heavy atom. The molecule has 0 aliphatic rings. The van der Waals surface area contributed by atoms with E-state index in [4.69, 9.17) is 4.74 Å². The number of carbonyl (C=O) groups excluding carboxylic acids is 2. The lowest BCUT2D eigenvalue weighted by atomic mass is 9.91. The van der Waals surface area contributed by atoms with E-state index in [0.717, 1.165) is 61.9 Å². The Hall–Kier alpha value is -1.38. The Bertz CT molecular complexity index is 675. The first-order valence-electron chi connectivity index (χ1n) is 17.8. The Morgan fingerprint density at radius 1 is 0.585 bits per heavy atom. The molecule has 41 heavy (non-hydrogen) atoms. The van der Waals surface area contributed by atoms with Gasteiger partial charge in [-0.1, -0.05) is 149 Å². The number of esters is 2. The fraction of sp³-hybridized carbons (Fsp3) is 0.842. The Kier molecular flexibility index (Phi) is 27.8. The van der Waals surface area contributed by atoms with Crippen molar-refractivity contribution < 1.29 is 14.3 Å². The van der Waals surface area contributed by atoms with Crippen LogP contribution in [0.25, 0.3) is 0 Å². The van der Waals surface area contributed by atoms with Gasteiger partial charge in [0.1, 0.15) is 0 Å². The van der Waals surface area contributed by atoms with E-state index in [1.165, 1.54) is 109 Å². The highest BCUT2D eigenvalue weighted by Crippen LogP contribution is 2.22. The van der Waals surface area contributed by atoms with Crippen molar-refractivity contribution >= 4 is 11.9 Å². The monoisotopic (exact) mass is 575 g/mol. The van der Waals surface area contributed by atoms with Crippen molar-refractivity contribution in [1.82, 2.24) is 0 Å². The largest absolute Gasteiger partial charge is 0.390 e. The summed E-state index contributed by atoms with van der Waals surface area (Å²) in [6.45, 7) is 13.6. The second-order valence-corrected chi connectivity index (χ2v) is 13.5. The molecule has 0 spiro atoms. The maximum atomic E-state index is 12.1. The lowest BCUT2D eigenvalue weighted by Gasteiger charge is -2.15. The topological polar surface area (TPSA) is 43.4 Å². The minimum atomic E-state index is -0.500. The smallest absolute Gasteiger partial charge is 0.338 e. The first-order valence-corrected chi connectivity index (χ1v) is 17.8. The predicted molar refractivity (Wildman–Crippen MR) is 179 cm³/mol. The highest BCUT2D eigenvalue weighted by atomic mass is 16.6. The summed E-state index contributed by atoms with van der Waals surface area (Å²) < 4.78 is 5.02. The van der Waals surface area contributed by atoms with Crippen LogP contribution in [0.4, 0.5) is 0 Å². The summed E-state index contributed by atoms with van der Waals surface area (Å²) in [6.07, 6.45) is 33.7. The molecule has 3 nitrogen and oxygen atoms in total. The quantitative estimate of drug-likeness (QED) is 0.0307. The van der Waals surface area contributed by atoms with Gasteiger partial charge in [0.05, 0.1) is 0 Å². The normalized spacial score (nSPS) is 13.7. The number of allylic oxidation sites excluding steroid dienone is 3. The molecular formula is C38H70O3. The maximum absolute atomic E-state index is 12.1. The standard InChI is InChI=1S/C38H70O3/c1-7-8-9-10-11-12-13-14-15-16-17-18-19-20-21-31-37(39)41-38(40)32-36(6)30-24-29-35(5)28-23-27-34(4)26-22-25-33(2)3/h14-15,32-35H,7-13,16-31H2,1-6H3/b15-14-,36-32+/t34-,35-/m1/s1. The summed E-state index contributed by atoms with van der Waals surface area (Å²) in [4.78, 5) is 24.1. The Balaban J connectivity index is 3.72. The second-order valence-electron chi connectivity index (χ2n) is 13.5. The number of rotatable bonds is 28. The van der Waals surface area contributed by atoms with Gasteiger partial charge in [0, 0.05) is 12.5 Å². The molecule has 0 rings (SSSR count). The van der Waals surface area contributed by atoms with Crippen LogP contribution >= 0.6 is 0 Å². The molecule has 0 aromatic rings. The van der Waals surface area contributed by atoms with Gasteiger partial charge >= 0.3 is 11.9 Å². The van der Waals surface area contributed by atoms with Crippen molar-refractivity contribution in [2.24, 2.45) is 17.8 Å². The number of unbranched alkanes of at least 4 members (excludes halogenated alkanes) is 11. The molecular weight excluding hydrogens is 504 g/mol. The molecule has 0 aliphatic heterocycles. The molecule has 0 aliphatic carbocycles. The third-order valence-electron chi connectivity index (χ3n) is 8.36. The third-order valence-corrected chi connectivity index (χ3v) is 8.36. The molecule has 3 heteroatoms. The van der Waals surface area contributed by atoms with Crippen molar-refractivity contribution in [2.45, 2.75) is 189 Å². The van der Waals surface area contributed by atoms with Crippen molar-refractivity contribution in [3.05, 3.63) is 23.8 Å². The summed E-state index contributed by atoms with van der Waals surface area (Å²) in [5, 5.41) is 0. The second kappa shape index (κ2) is 28.7. The van der Waals surface area contributed by atoms with E-state index in [9.17, 15) is 9.59 Å². The van der Waals surface area contributed by atoms with E-state index in [-0.39, 0.29) is 5.97 Å². The molecule has 0 saturated heterocycles. The number of hydrogen-bond donors (Lipinski definition) is 0. The average molecular weight is 575 g/mol. The Morgan fingerprint density at radius 3 is 1.63 bits per heavy atom. The van der Waals surface area contributed by atoms with Gasteiger partial charge in [-0.25, -0.2) is 4.79 Å². The summed E-state index contributed by atoms with van der Waals surface area (Å²) in [6, 6.07) is 0. The van der Waals surface area contributed by atoms with Crippen molar-refractivity contribution in [3.8, 4) is 0 Å². The van der Waals surface area contributed by atoms with Gasteiger partial charge in [-0.2, -0.15) is 0 Å². The van der Waals surface area contributed by atoms with Crippen molar-refractivity contribution in [2.75, 3.05) is 0 Å². The summed E-state index contributed by atoms with van der Waals surface area (Å²) in [5.74, 6) is 1.51. The molecule has 0 fully saturated rings. The Labute approximate surface area is 256 Å². The van der Waals surface area contributed by atoms with Gasteiger partial charge in [0.15, 0.2) is 0 Å². The lowest BCUT2D eigenvalue weighted by Crippen LogP contribution is -2.10. The molecule has 0 heterocycles. The van der Waals surface area contributed by atoms with Crippen LogP contribution in [-0.2, 0) is 14.3 Å². The molecule has 0 aromatic heterocycles. The zero-order chi connectivity index (χ0) is 30.6. The highest BCUT2D eigenvalue weighted by molar-refractivity contribution is 5.92. The summed E-state index contributed by atoms with van der Waals surface area (Å²) in [5.41, 5.74) is 1.01. The molecule has 2 atom stereocenters. The number of ether oxygens (including phenoxy) is 1. The lowest BCUT2D eigenvalue weighted by molar-refractivity contribution is -0.156. The summed E-state index contributed by atoms with van der Waals surface area (Å²) in [7, 11) is 0. The molecule has 0 bridgehead atoms. The fourth-order valence-corrected chi connectivity index (χ4v) is 5.51. The molecule has 0 saturated carbocycles. The van der Waals surface area contributed by atoms with Crippen LogP contribution in [-0.4, -0.2) is 11.9 Å². The third kappa shape index (κ3) is 29.9. The first kappa shape index (κ1) is 39.6. The van der Waals surface area contributed by atoms with Crippen molar-refractivity contribution in [3.63, 3.8) is 0 Å². The highest BCUT2D eigenvalue weighted by Gasteiger charge is 2.10. The van der Waals surface area contributed by atoms with E-state index in [0.29, 0.717) is 6.42 Å². The molecule has 0 unspecified atom stereocenters. The molecule has 240 valence electrons. The van der Waals surface area contributed by atoms with E-state index in [1.54, 1.807) is 0 Å². The average Bonchev–Trinajstić information content (AvgIpc) is 2.90. The van der Waals surface area contributed by atoms with Gasteiger partial charge < -0.3 is 4.74 Å². The molecule has 0 N–H and O–H groups in total. The predicted octanol–water partition coefficient (Wildman–Crippen LogP) is 12.5. The van der Waals surface area contributed by atoms with Crippen LogP contribution < -0.4 is 0 Å². The SMILES string of the molecule is CCCCCCCC/C=C\CCCCCCCC(=O)OC(=O)/C=C(\C)CCC[C@H](C)CCC[C@H](C)CCCC(C)C. The molecule has 0 amide bonds. The van der Waals surface area contributed by atoms with Gasteiger partial charge in [-0.15, -0.1) is 0 Å². The van der Waals surface area contributed by atoms with Crippen LogP contribution in [0.15, 0.2) is 23.8 Å². The first-order chi connectivity index (χ1) is 19.7. The minimum absolute atomic E-state index is 0.338. The zero-order valence-electron chi connectivity index (χ0n) is 28.5. The maximum Gasteiger partial charge on any atom is 0.338 e. The van der Waals surface area contributed by atoms with Gasteiger partial charge in [-0.05, 0) is 69.6 Å². The van der Waals surface area contributed by atoms with Crippen LogP contribution in [0.1, 0.15) is 189 Å². The number of hydrogen-bond acceptors (Lipinski definition) is 3. The van der Waals surface area contributed by atoms with Gasteiger partial charge in [0.2, 0.25) is 0 Å². The zero-order valence-corrected chi connectivity index (χ0v) is 28.5. The van der Waals surface area contributed by atoms with Crippen LogP contribution in [0, 0.1) is 17.8 Å². The van der Waals surface area contributed by atoms with E-state index in [1.807, 2.05) is 6.92 Å². The molecule has 0 aromatic carbocycles. The van der Waals surface area contributed by atoms with E-state index in [2.05, 4.69) is 46.8 Å². The fourth-order valence-electron chi connectivity index (χ4n) is 5.51.